The van der Waals surface area contributed by atoms with Gasteiger partial charge in [0, 0.05) is 31.6 Å². The first-order valence-corrected chi connectivity index (χ1v) is 5.98. The van der Waals surface area contributed by atoms with Crippen LogP contribution in [0.25, 0.3) is 0 Å². The number of pyridine rings is 1. The number of nitrogens with zero attached hydrogens (tertiary/aromatic N) is 2. The Morgan fingerprint density at radius 2 is 2.26 bits per heavy atom. The molecule has 2 aromatic rings. The van der Waals surface area contributed by atoms with Crippen LogP contribution in [0.15, 0.2) is 30.7 Å². The van der Waals surface area contributed by atoms with E-state index in [-0.39, 0.29) is 5.91 Å². The van der Waals surface area contributed by atoms with Crippen LogP contribution in [0, 0.1) is 0 Å². The lowest BCUT2D eigenvalue weighted by Crippen LogP contribution is -2.26. The molecule has 7 heteroatoms. The lowest BCUT2D eigenvalue weighted by Gasteiger charge is -2.05. The van der Waals surface area contributed by atoms with Crippen LogP contribution in [0.1, 0.15) is 22.7 Å². The maximum absolute atomic E-state index is 11.8. The molecule has 0 spiro atoms. The van der Waals surface area contributed by atoms with E-state index in [0.717, 1.165) is 18.7 Å². The summed E-state index contributed by atoms with van der Waals surface area (Å²) in [7, 11) is 0. The van der Waals surface area contributed by atoms with Crippen molar-refractivity contribution in [1.29, 1.82) is 0 Å². The highest BCUT2D eigenvalue weighted by atomic mass is 16.1. The summed E-state index contributed by atoms with van der Waals surface area (Å²) in [4.78, 5) is 22.9. The second-order valence-electron chi connectivity index (χ2n) is 3.97. The van der Waals surface area contributed by atoms with Gasteiger partial charge in [0.15, 0.2) is 0 Å². The summed E-state index contributed by atoms with van der Waals surface area (Å²) in [5.74, 6) is 5.98. The molecule has 0 bridgehead atoms. The molecule has 1 amide bonds. The SMILES string of the molecule is NNc1ccnc(C(=O)NCCCc2ncc[nH]2)c1. The molecular formula is C12H16N6O. The Morgan fingerprint density at radius 3 is 3.00 bits per heavy atom. The van der Waals surface area contributed by atoms with Gasteiger partial charge in [0.05, 0.1) is 5.69 Å². The van der Waals surface area contributed by atoms with Crippen LogP contribution in [0.3, 0.4) is 0 Å². The average molecular weight is 260 g/mol. The van der Waals surface area contributed by atoms with Crippen molar-refractivity contribution < 1.29 is 4.79 Å². The van der Waals surface area contributed by atoms with E-state index in [1.54, 1.807) is 24.5 Å². The Kier molecular flexibility index (Phi) is 4.46. The highest BCUT2D eigenvalue weighted by molar-refractivity contribution is 5.93. The van der Waals surface area contributed by atoms with Crippen LogP contribution < -0.4 is 16.6 Å². The fourth-order valence-electron chi connectivity index (χ4n) is 1.63. The molecule has 2 rings (SSSR count). The molecule has 0 fully saturated rings. The third-order valence-corrected chi connectivity index (χ3v) is 2.59. The first kappa shape index (κ1) is 13.0. The van der Waals surface area contributed by atoms with E-state index in [0.29, 0.717) is 17.9 Å². The molecule has 0 radical (unpaired) electrons. The Balaban J connectivity index is 1.77. The van der Waals surface area contributed by atoms with Gasteiger partial charge in [0.1, 0.15) is 11.5 Å². The summed E-state index contributed by atoms with van der Waals surface area (Å²) in [6.07, 6.45) is 6.64. The zero-order valence-electron chi connectivity index (χ0n) is 10.4. The van der Waals surface area contributed by atoms with Crippen molar-refractivity contribution in [1.82, 2.24) is 20.3 Å². The van der Waals surface area contributed by atoms with Gasteiger partial charge in [-0.05, 0) is 18.6 Å². The zero-order chi connectivity index (χ0) is 13.5. The molecular weight excluding hydrogens is 244 g/mol. The second kappa shape index (κ2) is 6.50. The quantitative estimate of drug-likeness (QED) is 0.342. The van der Waals surface area contributed by atoms with Gasteiger partial charge in [0.25, 0.3) is 5.91 Å². The van der Waals surface area contributed by atoms with Gasteiger partial charge in [-0.1, -0.05) is 0 Å². The van der Waals surface area contributed by atoms with Crippen molar-refractivity contribution in [2.24, 2.45) is 5.84 Å². The molecule has 0 aliphatic carbocycles. The number of nitrogens with one attached hydrogen (secondary N) is 3. The van der Waals surface area contributed by atoms with Crippen molar-refractivity contribution in [2.45, 2.75) is 12.8 Å². The molecule has 7 nitrogen and oxygen atoms in total. The molecule has 0 aliphatic heterocycles. The predicted octanol–water partition coefficient (Wildman–Crippen LogP) is 0.453. The standard InChI is InChI=1S/C12H16N6O/c13-18-9-3-5-14-10(8-9)12(19)17-4-1-2-11-15-6-7-16-11/h3,5-8H,1-2,4,13H2,(H,14,18)(H,15,16)(H,17,19). The third-order valence-electron chi connectivity index (χ3n) is 2.59. The van der Waals surface area contributed by atoms with Crippen LogP contribution in [0.5, 0.6) is 0 Å². The maximum atomic E-state index is 11.8. The molecule has 2 aromatic heterocycles. The van der Waals surface area contributed by atoms with Gasteiger partial charge in [-0.3, -0.25) is 15.6 Å². The summed E-state index contributed by atoms with van der Waals surface area (Å²) in [5.41, 5.74) is 3.47. The summed E-state index contributed by atoms with van der Waals surface area (Å²) in [6.45, 7) is 0.571. The van der Waals surface area contributed by atoms with Crippen molar-refractivity contribution in [3.63, 3.8) is 0 Å². The van der Waals surface area contributed by atoms with E-state index in [1.165, 1.54) is 6.20 Å². The van der Waals surface area contributed by atoms with Gasteiger partial charge in [-0.25, -0.2) is 4.98 Å². The number of aryl methyl sites for hydroxylation is 1. The molecule has 0 saturated heterocycles. The van der Waals surface area contributed by atoms with E-state index in [2.05, 4.69) is 25.7 Å². The predicted molar refractivity (Wildman–Crippen MR) is 71.3 cm³/mol. The molecule has 0 saturated carbocycles. The number of hydrogen-bond acceptors (Lipinski definition) is 5. The van der Waals surface area contributed by atoms with Gasteiger partial charge in [0.2, 0.25) is 0 Å². The van der Waals surface area contributed by atoms with Crippen molar-refractivity contribution >= 4 is 11.6 Å². The number of aromatic nitrogens is 3. The Labute approximate surface area is 110 Å². The number of imidazole rings is 1. The number of anilines is 1. The third kappa shape index (κ3) is 3.78. The summed E-state index contributed by atoms with van der Waals surface area (Å²) < 4.78 is 0. The number of H-pyrrole nitrogens is 1. The fraction of sp³-hybridized carbons (Fsp3) is 0.250. The lowest BCUT2D eigenvalue weighted by atomic mass is 10.2. The summed E-state index contributed by atoms with van der Waals surface area (Å²) in [6, 6.07) is 3.29. The van der Waals surface area contributed by atoms with Crippen LogP contribution in [0.4, 0.5) is 5.69 Å². The second-order valence-corrected chi connectivity index (χ2v) is 3.97. The normalized spacial score (nSPS) is 10.2. The topological polar surface area (TPSA) is 109 Å². The highest BCUT2D eigenvalue weighted by Crippen LogP contribution is 2.05. The van der Waals surface area contributed by atoms with Gasteiger partial charge in [-0.15, -0.1) is 0 Å². The first-order valence-electron chi connectivity index (χ1n) is 5.98. The molecule has 0 aliphatic rings. The number of hydrazine groups is 1. The number of amides is 1. The number of nitrogens with two attached hydrogens (primary N) is 1. The average Bonchev–Trinajstić information content (AvgIpc) is 2.96. The van der Waals surface area contributed by atoms with Crippen LogP contribution in [0.2, 0.25) is 0 Å². The number of rotatable bonds is 6. The van der Waals surface area contributed by atoms with Gasteiger partial charge < -0.3 is 15.7 Å². The van der Waals surface area contributed by atoms with Crippen molar-refractivity contribution in [2.75, 3.05) is 12.0 Å². The van der Waals surface area contributed by atoms with Crippen molar-refractivity contribution in [3.05, 3.63) is 42.2 Å². The minimum absolute atomic E-state index is 0.212. The number of carbonyl (C=O) groups excluding carboxylic acids is 1. The highest BCUT2D eigenvalue weighted by Gasteiger charge is 2.06. The Bertz CT molecular complexity index is 525. The van der Waals surface area contributed by atoms with Crippen molar-refractivity contribution in [3.8, 4) is 0 Å². The molecule has 2 heterocycles. The maximum Gasteiger partial charge on any atom is 0.269 e. The zero-order valence-corrected chi connectivity index (χ0v) is 10.4. The summed E-state index contributed by atoms with van der Waals surface area (Å²) >= 11 is 0. The lowest BCUT2D eigenvalue weighted by molar-refractivity contribution is 0.0948. The fourth-order valence-corrected chi connectivity index (χ4v) is 1.63. The van der Waals surface area contributed by atoms with E-state index >= 15 is 0 Å². The largest absolute Gasteiger partial charge is 0.351 e. The minimum Gasteiger partial charge on any atom is -0.351 e. The molecule has 100 valence electrons. The number of carbonyl (C=O) groups is 1. The van der Waals surface area contributed by atoms with Gasteiger partial charge in [-0.2, -0.15) is 0 Å². The number of nitrogen functional groups attached to an aromatic ring is 1. The first-order chi connectivity index (χ1) is 9.29. The molecule has 0 atom stereocenters. The Hall–Kier alpha value is -2.41. The van der Waals surface area contributed by atoms with Gasteiger partial charge >= 0.3 is 0 Å². The molecule has 5 N–H and O–H groups in total. The number of aromatic amines is 1. The number of hydrogen-bond donors (Lipinski definition) is 4. The smallest absolute Gasteiger partial charge is 0.269 e. The minimum atomic E-state index is -0.212. The molecule has 0 unspecified atom stereocenters. The van der Waals surface area contributed by atoms with Crippen LogP contribution in [-0.4, -0.2) is 27.4 Å². The van der Waals surface area contributed by atoms with E-state index in [4.69, 9.17) is 5.84 Å². The van der Waals surface area contributed by atoms with E-state index in [9.17, 15) is 4.79 Å². The molecule has 19 heavy (non-hydrogen) atoms. The van der Waals surface area contributed by atoms with Crippen LogP contribution in [-0.2, 0) is 6.42 Å². The monoisotopic (exact) mass is 260 g/mol. The van der Waals surface area contributed by atoms with Crippen LogP contribution >= 0.6 is 0 Å². The summed E-state index contributed by atoms with van der Waals surface area (Å²) in [5, 5.41) is 2.80. The molecule has 0 aromatic carbocycles. The van der Waals surface area contributed by atoms with E-state index in [1.807, 2.05) is 0 Å². The Morgan fingerprint density at radius 1 is 1.37 bits per heavy atom. The van der Waals surface area contributed by atoms with E-state index < -0.39 is 0 Å².